The number of hydrogen-bond acceptors (Lipinski definition) is 4. The molecule has 2 rings (SSSR count). The van der Waals surface area contributed by atoms with Gasteiger partial charge in [0.2, 0.25) is 0 Å². The molecule has 0 aliphatic rings. The van der Waals surface area contributed by atoms with E-state index in [1.165, 1.54) is 6.20 Å². The van der Waals surface area contributed by atoms with Crippen molar-refractivity contribution in [2.75, 3.05) is 10.6 Å². The zero-order chi connectivity index (χ0) is 13.8. The highest BCUT2D eigenvalue weighted by molar-refractivity contribution is 5.42. The molecule has 1 heterocycles. The second kappa shape index (κ2) is 5.56. The molecule has 0 saturated heterocycles. The van der Waals surface area contributed by atoms with Crippen molar-refractivity contribution < 1.29 is 0 Å². The maximum absolute atomic E-state index is 11.8. The van der Waals surface area contributed by atoms with Gasteiger partial charge in [0.05, 0.1) is 0 Å². The van der Waals surface area contributed by atoms with E-state index < -0.39 is 0 Å². The van der Waals surface area contributed by atoms with Crippen LogP contribution in [0.1, 0.15) is 19.4 Å². The highest BCUT2D eigenvalue weighted by Gasteiger charge is 2.15. The van der Waals surface area contributed by atoms with Gasteiger partial charge >= 0.3 is 0 Å². The average molecular weight is 258 g/mol. The third-order valence-corrected chi connectivity index (χ3v) is 2.92. The van der Waals surface area contributed by atoms with Crippen LogP contribution in [0.4, 0.5) is 11.5 Å². The molecule has 0 amide bonds. The van der Waals surface area contributed by atoms with E-state index in [1.807, 2.05) is 43.0 Å². The minimum atomic E-state index is -0.174. The predicted molar refractivity (Wildman–Crippen MR) is 77.0 cm³/mol. The van der Waals surface area contributed by atoms with Crippen LogP contribution >= 0.6 is 0 Å². The molecule has 19 heavy (non-hydrogen) atoms. The normalized spacial score (nSPS) is 10.7. The van der Waals surface area contributed by atoms with Crippen LogP contribution in [0.3, 0.4) is 0 Å². The summed E-state index contributed by atoms with van der Waals surface area (Å²) in [4.78, 5) is 20.6. The molecule has 0 aliphatic heterocycles. The fourth-order valence-corrected chi connectivity index (χ4v) is 1.87. The van der Waals surface area contributed by atoms with Gasteiger partial charge in [0.15, 0.2) is 5.82 Å². The molecule has 5 nitrogen and oxygen atoms in total. The second-order valence-corrected chi connectivity index (χ2v) is 4.71. The molecule has 0 aliphatic carbocycles. The van der Waals surface area contributed by atoms with E-state index in [2.05, 4.69) is 9.97 Å². The number of anilines is 2. The summed E-state index contributed by atoms with van der Waals surface area (Å²) in [5.41, 5.74) is 7.32. The molecule has 2 aromatic rings. The Kier molecular flexibility index (Phi) is 3.85. The van der Waals surface area contributed by atoms with Gasteiger partial charge in [-0.15, -0.1) is 0 Å². The van der Waals surface area contributed by atoms with E-state index in [-0.39, 0.29) is 11.6 Å². The summed E-state index contributed by atoms with van der Waals surface area (Å²) >= 11 is 0. The molecular weight excluding hydrogens is 240 g/mol. The Morgan fingerprint density at radius 2 is 2.00 bits per heavy atom. The number of hydrogen-bond donors (Lipinski definition) is 2. The Morgan fingerprint density at radius 3 is 2.58 bits per heavy atom. The quantitative estimate of drug-likeness (QED) is 0.819. The van der Waals surface area contributed by atoms with Crippen molar-refractivity contribution >= 4 is 11.5 Å². The summed E-state index contributed by atoms with van der Waals surface area (Å²) in [5.74, 6) is 0.439. The van der Waals surface area contributed by atoms with Crippen molar-refractivity contribution in [3.63, 3.8) is 0 Å². The minimum absolute atomic E-state index is 0.174. The number of benzene rings is 1. The molecule has 0 unspecified atom stereocenters. The first-order valence-corrected chi connectivity index (χ1v) is 6.22. The highest BCUT2D eigenvalue weighted by Crippen LogP contribution is 2.14. The molecule has 5 heteroatoms. The van der Waals surface area contributed by atoms with Crippen LogP contribution in [0.2, 0.25) is 0 Å². The molecule has 0 radical (unpaired) electrons. The summed E-state index contributed by atoms with van der Waals surface area (Å²) in [7, 11) is 0. The number of nitrogens with one attached hydrogen (secondary N) is 1. The van der Waals surface area contributed by atoms with E-state index >= 15 is 0 Å². The highest BCUT2D eigenvalue weighted by atomic mass is 16.1. The van der Waals surface area contributed by atoms with Gasteiger partial charge < -0.3 is 15.6 Å². The lowest BCUT2D eigenvalue weighted by Crippen LogP contribution is -2.35. The standard InChI is InChI=1S/C14H18N4O/c1-10(2)18(13-14(19)17-8-7-16-13)9-11-3-5-12(15)6-4-11/h3-8,10H,9,15H2,1-2H3,(H,17,19). The van der Waals surface area contributed by atoms with Crippen LogP contribution < -0.4 is 16.2 Å². The van der Waals surface area contributed by atoms with E-state index in [4.69, 9.17) is 5.73 Å². The number of nitrogens with two attached hydrogens (primary N) is 1. The molecule has 0 spiro atoms. The maximum Gasteiger partial charge on any atom is 0.290 e. The lowest BCUT2D eigenvalue weighted by atomic mass is 10.1. The van der Waals surface area contributed by atoms with Gasteiger partial charge in [0.1, 0.15) is 0 Å². The Labute approximate surface area is 112 Å². The molecular formula is C14H18N4O. The molecule has 100 valence electrons. The third kappa shape index (κ3) is 3.13. The van der Waals surface area contributed by atoms with Crippen molar-refractivity contribution in [1.29, 1.82) is 0 Å². The van der Waals surface area contributed by atoms with Crippen molar-refractivity contribution in [1.82, 2.24) is 9.97 Å². The van der Waals surface area contributed by atoms with Crippen LogP contribution in [0.15, 0.2) is 41.5 Å². The molecule has 0 fully saturated rings. The topological polar surface area (TPSA) is 75.0 Å². The first-order valence-electron chi connectivity index (χ1n) is 6.22. The van der Waals surface area contributed by atoms with Crippen LogP contribution in [-0.4, -0.2) is 16.0 Å². The summed E-state index contributed by atoms with van der Waals surface area (Å²) < 4.78 is 0. The van der Waals surface area contributed by atoms with Crippen molar-refractivity contribution in [3.05, 3.63) is 52.6 Å². The molecule has 1 aromatic heterocycles. The molecule has 0 saturated carbocycles. The number of aromatic amines is 1. The van der Waals surface area contributed by atoms with Gasteiger partial charge in [-0.3, -0.25) is 4.79 Å². The van der Waals surface area contributed by atoms with E-state index in [0.717, 1.165) is 11.3 Å². The van der Waals surface area contributed by atoms with Gasteiger partial charge in [-0.25, -0.2) is 4.98 Å². The van der Waals surface area contributed by atoms with Crippen molar-refractivity contribution in [3.8, 4) is 0 Å². The predicted octanol–water partition coefficient (Wildman–Crippen LogP) is 1.77. The number of nitrogens with zero attached hydrogens (tertiary/aromatic N) is 2. The molecule has 0 atom stereocenters. The average Bonchev–Trinajstić information content (AvgIpc) is 2.39. The lowest BCUT2D eigenvalue weighted by Gasteiger charge is -2.27. The van der Waals surface area contributed by atoms with Gasteiger partial charge in [-0.1, -0.05) is 12.1 Å². The largest absolute Gasteiger partial charge is 0.399 e. The van der Waals surface area contributed by atoms with Gasteiger partial charge in [-0.05, 0) is 31.5 Å². The molecule has 1 aromatic carbocycles. The Hall–Kier alpha value is -2.30. The number of nitrogen functional groups attached to an aromatic ring is 1. The fraction of sp³-hybridized carbons (Fsp3) is 0.286. The third-order valence-electron chi connectivity index (χ3n) is 2.92. The lowest BCUT2D eigenvalue weighted by molar-refractivity contribution is 0.667. The van der Waals surface area contributed by atoms with E-state index in [1.54, 1.807) is 6.20 Å². The first kappa shape index (κ1) is 13.1. The number of rotatable bonds is 4. The van der Waals surface area contributed by atoms with Gasteiger partial charge in [0, 0.05) is 30.7 Å². The smallest absolute Gasteiger partial charge is 0.290 e. The SMILES string of the molecule is CC(C)N(Cc1ccc(N)cc1)c1ncc[nH]c1=O. The maximum atomic E-state index is 11.8. The van der Waals surface area contributed by atoms with Crippen LogP contribution in [0.25, 0.3) is 0 Å². The Morgan fingerprint density at radius 1 is 1.32 bits per heavy atom. The molecule has 3 N–H and O–H groups in total. The first-order chi connectivity index (χ1) is 9.08. The summed E-state index contributed by atoms with van der Waals surface area (Å²) in [6.45, 7) is 4.69. The van der Waals surface area contributed by atoms with Gasteiger partial charge in [0.25, 0.3) is 5.56 Å². The zero-order valence-corrected chi connectivity index (χ0v) is 11.1. The monoisotopic (exact) mass is 258 g/mol. The summed E-state index contributed by atoms with van der Waals surface area (Å²) in [6, 6.07) is 7.81. The summed E-state index contributed by atoms with van der Waals surface area (Å²) in [6.07, 6.45) is 3.13. The second-order valence-electron chi connectivity index (χ2n) is 4.71. The Balaban J connectivity index is 2.29. The van der Waals surface area contributed by atoms with Crippen LogP contribution in [-0.2, 0) is 6.54 Å². The summed E-state index contributed by atoms with van der Waals surface area (Å²) in [5, 5.41) is 0. The van der Waals surface area contributed by atoms with Crippen molar-refractivity contribution in [2.24, 2.45) is 0 Å². The van der Waals surface area contributed by atoms with E-state index in [0.29, 0.717) is 12.4 Å². The minimum Gasteiger partial charge on any atom is -0.399 e. The number of aromatic nitrogens is 2. The Bertz CT molecular complexity index is 589. The van der Waals surface area contributed by atoms with Gasteiger partial charge in [-0.2, -0.15) is 0 Å². The van der Waals surface area contributed by atoms with Crippen LogP contribution in [0.5, 0.6) is 0 Å². The fourth-order valence-electron chi connectivity index (χ4n) is 1.87. The zero-order valence-electron chi connectivity index (χ0n) is 11.1. The number of H-pyrrole nitrogens is 1. The van der Waals surface area contributed by atoms with Crippen molar-refractivity contribution in [2.45, 2.75) is 26.4 Å². The molecule has 0 bridgehead atoms. The van der Waals surface area contributed by atoms with Crippen LogP contribution in [0, 0.1) is 0 Å². The van der Waals surface area contributed by atoms with E-state index in [9.17, 15) is 4.79 Å².